The summed E-state index contributed by atoms with van der Waals surface area (Å²) < 4.78 is 1.79. The predicted octanol–water partition coefficient (Wildman–Crippen LogP) is 3.79. The van der Waals surface area contributed by atoms with Crippen LogP contribution in [0.2, 0.25) is 5.02 Å². The van der Waals surface area contributed by atoms with Crippen LogP contribution in [0.25, 0.3) is 27.8 Å². The Morgan fingerprint density at radius 3 is 2.76 bits per heavy atom. The Labute approximate surface area is 125 Å². The first-order valence-corrected chi connectivity index (χ1v) is 6.89. The van der Waals surface area contributed by atoms with E-state index in [4.69, 9.17) is 17.3 Å². The van der Waals surface area contributed by atoms with Crippen molar-refractivity contribution in [3.63, 3.8) is 0 Å². The van der Waals surface area contributed by atoms with E-state index < -0.39 is 0 Å². The quantitative estimate of drug-likeness (QED) is 0.581. The van der Waals surface area contributed by atoms with Gasteiger partial charge >= 0.3 is 0 Å². The van der Waals surface area contributed by atoms with Crippen molar-refractivity contribution in [3.05, 3.63) is 59.9 Å². The summed E-state index contributed by atoms with van der Waals surface area (Å²) in [4.78, 5) is 9.05. The number of anilines is 1. The van der Waals surface area contributed by atoms with Gasteiger partial charge in [-0.3, -0.25) is 9.38 Å². The summed E-state index contributed by atoms with van der Waals surface area (Å²) in [6.07, 6.45) is 3.62. The van der Waals surface area contributed by atoms with E-state index in [2.05, 4.69) is 9.97 Å². The number of nitrogen functional groups attached to an aromatic ring is 1. The molecule has 4 aromatic rings. The van der Waals surface area contributed by atoms with Gasteiger partial charge in [0.2, 0.25) is 0 Å². The van der Waals surface area contributed by atoms with E-state index in [1.165, 1.54) is 0 Å². The Hall–Kier alpha value is -2.59. The summed E-state index contributed by atoms with van der Waals surface area (Å²) in [5.74, 6) is 0.561. The highest BCUT2D eigenvalue weighted by Crippen LogP contribution is 2.32. The van der Waals surface area contributed by atoms with Gasteiger partial charge < -0.3 is 5.73 Å². The molecular formula is C16H11ClN4. The zero-order valence-electron chi connectivity index (χ0n) is 11.0. The van der Waals surface area contributed by atoms with Crippen molar-refractivity contribution in [1.29, 1.82) is 0 Å². The van der Waals surface area contributed by atoms with E-state index in [-0.39, 0.29) is 0 Å². The van der Waals surface area contributed by atoms with Crippen LogP contribution in [-0.4, -0.2) is 14.4 Å². The molecule has 4 nitrogen and oxygen atoms in total. The Kier molecular flexibility index (Phi) is 2.59. The van der Waals surface area contributed by atoms with Gasteiger partial charge in [-0.05, 0) is 18.2 Å². The fourth-order valence-corrected chi connectivity index (χ4v) is 2.75. The predicted molar refractivity (Wildman–Crippen MR) is 85.4 cm³/mol. The van der Waals surface area contributed by atoms with E-state index in [1.54, 1.807) is 16.7 Å². The zero-order chi connectivity index (χ0) is 14.4. The summed E-state index contributed by atoms with van der Waals surface area (Å²) in [6.45, 7) is 0. The minimum Gasteiger partial charge on any atom is -0.383 e. The molecule has 0 saturated heterocycles. The Balaban J connectivity index is 2.10. The second-order valence-corrected chi connectivity index (χ2v) is 5.18. The molecule has 2 N–H and O–H groups in total. The Morgan fingerprint density at radius 2 is 1.90 bits per heavy atom. The number of halogens is 1. The number of pyridine rings is 2. The first kappa shape index (κ1) is 12.2. The number of benzene rings is 1. The van der Waals surface area contributed by atoms with Crippen molar-refractivity contribution in [1.82, 2.24) is 14.4 Å². The average molecular weight is 295 g/mol. The third-order valence-electron chi connectivity index (χ3n) is 3.53. The second kappa shape index (κ2) is 4.46. The van der Waals surface area contributed by atoms with Gasteiger partial charge in [-0.15, -0.1) is 0 Å². The summed E-state index contributed by atoms with van der Waals surface area (Å²) in [5, 5.41) is 1.63. The standard InChI is InChI=1S/C16H11ClN4/c17-12-7-3-9-21-15(18)14(20-16(12)21)11-6-1-4-10-5-2-8-19-13(10)11/h1-9H,18H2. The Morgan fingerprint density at radius 1 is 1.05 bits per heavy atom. The number of fused-ring (bicyclic) bond motifs is 2. The van der Waals surface area contributed by atoms with Crippen molar-refractivity contribution in [2.75, 3.05) is 5.73 Å². The van der Waals surface area contributed by atoms with Gasteiger partial charge in [0.25, 0.3) is 0 Å². The fraction of sp³-hybridized carbons (Fsp3) is 0. The molecule has 0 unspecified atom stereocenters. The number of hydrogen-bond donors (Lipinski definition) is 1. The van der Waals surface area contributed by atoms with Gasteiger partial charge in [-0.25, -0.2) is 4.98 Å². The summed E-state index contributed by atoms with van der Waals surface area (Å²) in [5.41, 5.74) is 9.39. The van der Waals surface area contributed by atoms with Crippen LogP contribution in [0.1, 0.15) is 0 Å². The van der Waals surface area contributed by atoms with Gasteiger partial charge in [0.15, 0.2) is 5.65 Å². The summed E-state index contributed by atoms with van der Waals surface area (Å²) in [6, 6.07) is 13.5. The summed E-state index contributed by atoms with van der Waals surface area (Å²) in [7, 11) is 0. The second-order valence-electron chi connectivity index (χ2n) is 4.78. The molecule has 0 spiro atoms. The Bertz CT molecular complexity index is 969. The molecule has 5 heteroatoms. The van der Waals surface area contributed by atoms with Crippen molar-refractivity contribution in [2.24, 2.45) is 0 Å². The van der Waals surface area contributed by atoms with Crippen LogP contribution < -0.4 is 5.73 Å². The normalized spacial score (nSPS) is 11.3. The van der Waals surface area contributed by atoms with Gasteiger partial charge in [0.1, 0.15) is 11.5 Å². The zero-order valence-corrected chi connectivity index (χ0v) is 11.7. The van der Waals surface area contributed by atoms with Crippen LogP contribution >= 0.6 is 11.6 Å². The number of nitrogens with zero attached hydrogens (tertiary/aromatic N) is 3. The molecule has 21 heavy (non-hydrogen) atoms. The molecule has 102 valence electrons. The molecule has 4 rings (SSSR count). The van der Waals surface area contributed by atoms with E-state index in [9.17, 15) is 0 Å². The number of para-hydroxylation sites is 1. The topological polar surface area (TPSA) is 56.2 Å². The number of imidazole rings is 1. The average Bonchev–Trinajstić information content (AvgIpc) is 2.85. The van der Waals surface area contributed by atoms with Crippen LogP contribution in [-0.2, 0) is 0 Å². The van der Waals surface area contributed by atoms with Gasteiger partial charge in [0, 0.05) is 23.3 Å². The smallest absolute Gasteiger partial charge is 0.157 e. The number of nitrogens with two attached hydrogens (primary N) is 1. The lowest BCUT2D eigenvalue weighted by molar-refractivity contribution is 1.20. The molecule has 0 atom stereocenters. The molecule has 0 radical (unpaired) electrons. The molecule has 0 saturated carbocycles. The van der Waals surface area contributed by atoms with E-state index in [0.29, 0.717) is 22.2 Å². The number of hydrogen-bond acceptors (Lipinski definition) is 3. The molecule has 1 aromatic carbocycles. The highest BCUT2D eigenvalue weighted by atomic mass is 35.5. The molecule has 0 amide bonds. The van der Waals surface area contributed by atoms with Crippen LogP contribution in [0.15, 0.2) is 54.9 Å². The first-order chi connectivity index (χ1) is 10.3. The van der Waals surface area contributed by atoms with Gasteiger partial charge in [-0.1, -0.05) is 35.9 Å². The third-order valence-corrected chi connectivity index (χ3v) is 3.82. The maximum atomic E-state index is 6.24. The van der Waals surface area contributed by atoms with Crippen molar-refractivity contribution in [2.45, 2.75) is 0 Å². The lowest BCUT2D eigenvalue weighted by atomic mass is 10.1. The fourth-order valence-electron chi connectivity index (χ4n) is 2.55. The summed E-state index contributed by atoms with van der Waals surface area (Å²) >= 11 is 6.19. The van der Waals surface area contributed by atoms with E-state index >= 15 is 0 Å². The molecular weight excluding hydrogens is 284 g/mol. The van der Waals surface area contributed by atoms with Crippen LogP contribution in [0, 0.1) is 0 Å². The molecule has 0 bridgehead atoms. The maximum absolute atomic E-state index is 6.24. The molecule has 3 heterocycles. The molecule has 0 aliphatic heterocycles. The highest BCUT2D eigenvalue weighted by Gasteiger charge is 2.15. The lowest BCUT2D eigenvalue weighted by Crippen LogP contribution is -1.94. The monoisotopic (exact) mass is 294 g/mol. The largest absolute Gasteiger partial charge is 0.383 e. The molecule has 0 fully saturated rings. The third kappa shape index (κ3) is 1.76. The van der Waals surface area contributed by atoms with Gasteiger partial charge in [0.05, 0.1) is 10.5 Å². The highest BCUT2D eigenvalue weighted by molar-refractivity contribution is 6.33. The lowest BCUT2D eigenvalue weighted by Gasteiger charge is -2.03. The van der Waals surface area contributed by atoms with Crippen LogP contribution in [0.4, 0.5) is 5.82 Å². The molecule has 0 aliphatic carbocycles. The van der Waals surface area contributed by atoms with Crippen LogP contribution in [0.3, 0.4) is 0 Å². The van der Waals surface area contributed by atoms with Gasteiger partial charge in [-0.2, -0.15) is 0 Å². The van der Waals surface area contributed by atoms with E-state index in [1.807, 2.05) is 42.6 Å². The minimum absolute atomic E-state index is 0.561. The van der Waals surface area contributed by atoms with E-state index in [0.717, 1.165) is 16.5 Å². The minimum atomic E-state index is 0.561. The first-order valence-electron chi connectivity index (χ1n) is 6.52. The molecule has 3 aromatic heterocycles. The van der Waals surface area contributed by atoms with Crippen molar-refractivity contribution in [3.8, 4) is 11.3 Å². The maximum Gasteiger partial charge on any atom is 0.157 e. The van der Waals surface area contributed by atoms with Crippen LogP contribution in [0.5, 0.6) is 0 Å². The van der Waals surface area contributed by atoms with Crippen molar-refractivity contribution < 1.29 is 0 Å². The molecule has 0 aliphatic rings. The van der Waals surface area contributed by atoms with Crippen molar-refractivity contribution >= 4 is 34.0 Å². The number of rotatable bonds is 1. The number of aromatic nitrogens is 3. The SMILES string of the molecule is Nc1c(-c2cccc3cccnc23)nc2c(Cl)cccn12.